The third kappa shape index (κ3) is 6.28. The van der Waals surface area contributed by atoms with Crippen LogP contribution in [0.25, 0.3) is 0 Å². The Balaban J connectivity index is 2.07. The number of hydrogen-bond donors (Lipinski definition) is 1. The van der Waals surface area contributed by atoms with Crippen molar-refractivity contribution in [3.8, 4) is 0 Å². The van der Waals surface area contributed by atoms with Gasteiger partial charge in [0.1, 0.15) is 0 Å². The van der Waals surface area contributed by atoms with Gasteiger partial charge in [-0.25, -0.2) is 4.79 Å². The zero-order chi connectivity index (χ0) is 24.0. The molecule has 1 N–H and O–H groups in total. The molecule has 1 aliphatic carbocycles. The van der Waals surface area contributed by atoms with Crippen LogP contribution in [-0.4, -0.2) is 40.8 Å². The van der Waals surface area contributed by atoms with Crippen molar-refractivity contribution in [3.63, 3.8) is 0 Å². The largest absolute Gasteiger partial charge is 0.478 e. The van der Waals surface area contributed by atoms with Crippen LogP contribution < -0.4 is 4.90 Å². The average Bonchev–Trinajstić information content (AvgIpc) is 2.82. The molecule has 2 aromatic rings. The van der Waals surface area contributed by atoms with Crippen molar-refractivity contribution in [1.29, 1.82) is 0 Å². The molecule has 0 saturated heterocycles. The lowest BCUT2D eigenvalue weighted by molar-refractivity contribution is -0.137. The third-order valence-corrected chi connectivity index (χ3v) is 6.91. The Hall–Kier alpha value is -2.55. The predicted molar refractivity (Wildman–Crippen MR) is 128 cm³/mol. The van der Waals surface area contributed by atoms with Crippen molar-refractivity contribution >= 4 is 58.5 Å². The number of hydrogen-bond acceptors (Lipinski definition) is 6. The molecule has 1 aliphatic rings. The van der Waals surface area contributed by atoms with Crippen LogP contribution in [0.5, 0.6) is 0 Å². The Morgan fingerprint density at radius 1 is 1.15 bits per heavy atom. The van der Waals surface area contributed by atoms with Crippen LogP contribution in [0.1, 0.15) is 31.2 Å². The van der Waals surface area contributed by atoms with Gasteiger partial charge in [-0.1, -0.05) is 29.3 Å². The number of thioether (sulfide) groups is 1. The first-order chi connectivity index (χ1) is 15.8. The molecule has 0 atom stereocenters. The van der Waals surface area contributed by atoms with Gasteiger partial charge in [0.05, 0.1) is 35.1 Å². The molecule has 0 fully saturated rings. The number of rotatable bonds is 8. The SMILES string of the molecule is COC(=O)CSc1cc(N(Cc2cccnc2)C(=O)C2=C(C(=O)O)CCCC2)c(Cl)cc1Cl. The Morgan fingerprint density at radius 2 is 1.88 bits per heavy atom. The van der Waals surface area contributed by atoms with Crippen LogP contribution >= 0.6 is 35.0 Å². The number of aliphatic carboxylic acids is 1. The number of anilines is 1. The number of carbonyl (C=O) groups excluding carboxylic acids is 2. The lowest BCUT2D eigenvalue weighted by Crippen LogP contribution is -2.34. The molecule has 0 saturated carbocycles. The van der Waals surface area contributed by atoms with Gasteiger partial charge in [0.25, 0.3) is 5.91 Å². The highest BCUT2D eigenvalue weighted by Gasteiger charge is 2.29. The molecule has 7 nitrogen and oxygen atoms in total. The first kappa shape index (κ1) is 25.1. The number of ether oxygens (including phenoxy) is 1. The second-order valence-corrected chi connectivity index (χ2v) is 9.15. The second kappa shape index (κ2) is 11.5. The summed E-state index contributed by atoms with van der Waals surface area (Å²) in [6, 6.07) is 6.71. The van der Waals surface area contributed by atoms with Gasteiger partial charge in [0.15, 0.2) is 0 Å². The van der Waals surface area contributed by atoms with Gasteiger partial charge in [-0.05, 0) is 49.4 Å². The highest BCUT2D eigenvalue weighted by Crippen LogP contribution is 2.39. The number of amides is 1. The lowest BCUT2D eigenvalue weighted by Gasteiger charge is -2.28. The van der Waals surface area contributed by atoms with Crippen LogP contribution in [-0.2, 0) is 25.7 Å². The molecule has 174 valence electrons. The van der Waals surface area contributed by atoms with Gasteiger partial charge in [0.2, 0.25) is 0 Å². The molecule has 1 aromatic carbocycles. The van der Waals surface area contributed by atoms with Gasteiger partial charge in [-0.15, -0.1) is 11.8 Å². The first-order valence-electron chi connectivity index (χ1n) is 10.2. The van der Waals surface area contributed by atoms with E-state index in [0.29, 0.717) is 28.4 Å². The predicted octanol–water partition coefficient (Wildman–Crippen LogP) is 5.14. The minimum Gasteiger partial charge on any atom is -0.478 e. The molecular formula is C23H22Cl2N2O5S. The highest BCUT2D eigenvalue weighted by atomic mass is 35.5. The van der Waals surface area contributed by atoms with E-state index >= 15 is 0 Å². The van der Waals surface area contributed by atoms with Crippen LogP contribution in [0.15, 0.2) is 52.7 Å². The zero-order valence-corrected chi connectivity index (χ0v) is 20.2. The normalized spacial score (nSPS) is 13.5. The fourth-order valence-corrected chi connectivity index (χ4v) is 4.94. The van der Waals surface area contributed by atoms with Crippen molar-refractivity contribution in [1.82, 2.24) is 4.98 Å². The number of carboxylic acid groups (broad SMARTS) is 1. The summed E-state index contributed by atoms with van der Waals surface area (Å²) >= 11 is 14.0. The van der Waals surface area contributed by atoms with Crippen LogP contribution in [0.2, 0.25) is 10.0 Å². The van der Waals surface area contributed by atoms with E-state index in [-0.39, 0.29) is 28.5 Å². The summed E-state index contributed by atoms with van der Waals surface area (Å²) in [4.78, 5) is 43.2. The number of esters is 1. The third-order valence-electron chi connectivity index (χ3n) is 5.16. The van der Waals surface area contributed by atoms with E-state index in [1.165, 1.54) is 18.1 Å². The number of aromatic nitrogens is 1. The highest BCUT2D eigenvalue weighted by molar-refractivity contribution is 8.00. The smallest absolute Gasteiger partial charge is 0.332 e. The molecule has 1 amide bonds. The molecule has 0 aliphatic heterocycles. The number of halogens is 2. The lowest BCUT2D eigenvalue weighted by atomic mass is 9.90. The number of pyridine rings is 1. The summed E-state index contributed by atoms with van der Waals surface area (Å²) in [5, 5.41) is 10.2. The molecule has 1 aromatic heterocycles. The van der Waals surface area contributed by atoms with E-state index in [2.05, 4.69) is 9.72 Å². The number of benzene rings is 1. The van der Waals surface area contributed by atoms with Crippen molar-refractivity contribution in [2.45, 2.75) is 37.1 Å². The van der Waals surface area contributed by atoms with E-state index in [1.807, 2.05) is 6.07 Å². The molecule has 10 heteroatoms. The number of carboxylic acids is 1. The van der Waals surface area contributed by atoms with E-state index in [9.17, 15) is 19.5 Å². The second-order valence-electron chi connectivity index (χ2n) is 7.32. The molecule has 0 spiro atoms. The summed E-state index contributed by atoms with van der Waals surface area (Å²) in [5.41, 5.74) is 1.51. The minimum absolute atomic E-state index is 0.0299. The molecule has 1 heterocycles. The quantitative estimate of drug-likeness (QED) is 0.389. The fourth-order valence-electron chi connectivity index (χ4n) is 3.51. The van der Waals surface area contributed by atoms with Crippen molar-refractivity contribution < 1.29 is 24.2 Å². The Bertz CT molecular complexity index is 1090. The molecule has 0 unspecified atom stereocenters. The summed E-state index contributed by atoms with van der Waals surface area (Å²) in [6.45, 7) is 0.130. The van der Waals surface area contributed by atoms with Gasteiger partial charge in [-0.3, -0.25) is 14.6 Å². The van der Waals surface area contributed by atoms with Crippen molar-refractivity contribution in [2.75, 3.05) is 17.8 Å². The van der Waals surface area contributed by atoms with Gasteiger partial charge >= 0.3 is 11.9 Å². The topological polar surface area (TPSA) is 96.8 Å². The van der Waals surface area contributed by atoms with Gasteiger partial charge < -0.3 is 14.7 Å². The summed E-state index contributed by atoms with van der Waals surface area (Å²) in [6.07, 6.45) is 5.41. The number of nitrogens with zero attached hydrogens (tertiary/aromatic N) is 2. The molecule has 33 heavy (non-hydrogen) atoms. The van der Waals surface area contributed by atoms with E-state index in [1.54, 1.807) is 24.5 Å². The van der Waals surface area contributed by atoms with Gasteiger partial charge in [0, 0.05) is 28.4 Å². The first-order valence-corrected chi connectivity index (χ1v) is 11.9. The van der Waals surface area contributed by atoms with Crippen LogP contribution in [0.4, 0.5) is 5.69 Å². The van der Waals surface area contributed by atoms with Gasteiger partial charge in [-0.2, -0.15) is 0 Å². The minimum atomic E-state index is -1.09. The Labute approximate surface area is 205 Å². The van der Waals surface area contributed by atoms with E-state index < -0.39 is 17.8 Å². The van der Waals surface area contributed by atoms with E-state index in [0.717, 1.165) is 30.2 Å². The summed E-state index contributed by atoms with van der Waals surface area (Å²) in [7, 11) is 1.30. The number of carbonyl (C=O) groups is 3. The molecular weight excluding hydrogens is 487 g/mol. The summed E-state index contributed by atoms with van der Waals surface area (Å²) in [5.74, 6) is -1.91. The van der Waals surface area contributed by atoms with E-state index in [4.69, 9.17) is 23.2 Å². The maximum atomic E-state index is 13.7. The zero-order valence-electron chi connectivity index (χ0n) is 17.8. The molecule has 0 bridgehead atoms. The maximum absolute atomic E-state index is 13.7. The number of methoxy groups -OCH3 is 1. The monoisotopic (exact) mass is 508 g/mol. The Kier molecular flexibility index (Phi) is 8.77. The van der Waals surface area contributed by atoms with Crippen molar-refractivity contribution in [2.24, 2.45) is 0 Å². The van der Waals surface area contributed by atoms with Crippen LogP contribution in [0, 0.1) is 0 Å². The fraction of sp³-hybridized carbons (Fsp3) is 0.304. The average molecular weight is 509 g/mol. The standard InChI is InChI=1S/C23H22Cl2N2O5S/c1-32-21(28)13-33-20-10-19(17(24)9-18(20)25)27(12-14-5-4-8-26-11-14)22(29)15-6-2-3-7-16(15)23(30)31/h4-5,8-11H,2-3,6-7,12-13H2,1H3,(H,30,31). The molecule has 0 radical (unpaired) electrons. The van der Waals surface area contributed by atoms with Crippen molar-refractivity contribution in [3.05, 3.63) is 63.4 Å². The van der Waals surface area contributed by atoms with Crippen LogP contribution in [0.3, 0.4) is 0 Å². The molecule has 3 rings (SSSR count). The summed E-state index contributed by atoms with van der Waals surface area (Å²) < 4.78 is 4.68. The maximum Gasteiger partial charge on any atom is 0.332 e. The Morgan fingerprint density at radius 3 is 2.52 bits per heavy atom.